The number of hydrogen-bond donors (Lipinski definition) is 1. The van der Waals surface area contributed by atoms with Gasteiger partial charge in [0.1, 0.15) is 11.9 Å². The minimum Gasteiger partial charge on any atom is -0.372 e. The van der Waals surface area contributed by atoms with Crippen LogP contribution in [-0.2, 0) is 27.8 Å². The van der Waals surface area contributed by atoms with Gasteiger partial charge in [0, 0.05) is 55.2 Å². The van der Waals surface area contributed by atoms with E-state index in [2.05, 4.69) is 10.00 Å². The number of fused-ring (bicyclic) bond motifs is 1. The highest BCUT2D eigenvalue weighted by Gasteiger charge is 2.35. The van der Waals surface area contributed by atoms with E-state index in [1.54, 1.807) is 0 Å². The maximum atomic E-state index is 14.2. The molecule has 29 heavy (non-hydrogen) atoms. The van der Waals surface area contributed by atoms with Crippen LogP contribution in [0.4, 0.5) is 13.2 Å². The minimum absolute atomic E-state index is 0.00393. The number of hydrogen-bond acceptors (Lipinski definition) is 6. The Bertz CT molecular complexity index is 1020. The van der Waals surface area contributed by atoms with Crippen LogP contribution in [0.3, 0.4) is 0 Å². The normalized spacial score (nSPS) is 25.8. The van der Waals surface area contributed by atoms with E-state index < -0.39 is 39.6 Å². The van der Waals surface area contributed by atoms with E-state index >= 15 is 0 Å². The van der Waals surface area contributed by atoms with Crippen LogP contribution in [0.5, 0.6) is 0 Å². The summed E-state index contributed by atoms with van der Waals surface area (Å²) in [5.74, 6) is -3.29. The van der Waals surface area contributed by atoms with Gasteiger partial charge in [0.25, 0.3) is 10.0 Å². The third-order valence-electron chi connectivity index (χ3n) is 5.47. The summed E-state index contributed by atoms with van der Waals surface area (Å²) in [5, 5.41) is 4.14. The number of nitrogens with zero attached hydrogens (tertiary/aromatic N) is 3. The molecule has 2 aromatic rings. The second kappa shape index (κ2) is 7.38. The van der Waals surface area contributed by atoms with E-state index in [0.717, 1.165) is 22.0 Å². The molecule has 2 N–H and O–H groups in total. The topological polar surface area (TPSA) is 90.5 Å². The molecule has 158 valence electrons. The molecule has 0 amide bonds. The molecular formula is C18H21F3N4O3S. The van der Waals surface area contributed by atoms with Gasteiger partial charge in [0.15, 0.2) is 11.6 Å². The third-order valence-corrected chi connectivity index (χ3v) is 6.33. The summed E-state index contributed by atoms with van der Waals surface area (Å²) >= 11 is 0. The molecule has 2 aliphatic heterocycles. The largest absolute Gasteiger partial charge is 0.372 e. The van der Waals surface area contributed by atoms with E-state index in [1.807, 2.05) is 0 Å². The molecule has 0 spiro atoms. The van der Waals surface area contributed by atoms with Crippen molar-refractivity contribution in [3.8, 4) is 0 Å². The lowest BCUT2D eigenvalue weighted by Gasteiger charge is -2.28. The number of aromatic nitrogens is 2. The standard InChI is InChI=1S/C18H21F3N4O3S/c1-29(26,27)25-8-10-7-24(9-17(10)23-25)11-2-3-28-18(16(22)4-11)12-5-14(20)15(21)6-13(12)19/h5-6,8,11,16,18H,2-4,7,9,22H2,1H3/t11?,16-,18+/m0/s1. The van der Waals surface area contributed by atoms with Crippen LogP contribution >= 0.6 is 0 Å². The molecule has 1 aromatic carbocycles. The van der Waals surface area contributed by atoms with Gasteiger partial charge in [-0.05, 0) is 18.9 Å². The van der Waals surface area contributed by atoms with Gasteiger partial charge in [0.05, 0.1) is 11.9 Å². The Morgan fingerprint density at radius 1 is 1.17 bits per heavy atom. The third kappa shape index (κ3) is 3.91. The number of halogens is 3. The van der Waals surface area contributed by atoms with Gasteiger partial charge in [-0.15, -0.1) is 0 Å². The van der Waals surface area contributed by atoms with Crippen molar-refractivity contribution in [2.24, 2.45) is 5.73 Å². The fourth-order valence-electron chi connectivity index (χ4n) is 4.00. The molecule has 4 rings (SSSR count). The van der Waals surface area contributed by atoms with Crippen molar-refractivity contribution >= 4 is 10.0 Å². The van der Waals surface area contributed by atoms with Crippen molar-refractivity contribution in [2.75, 3.05) is 12.9 Å². The van der Waals surface area contributed by atoms with E-state index in [-0.39, 0.29) is 18.2 Å². The van der Waals surface area contributed by atoms with Crippen LogP contribution in [0.15, 0.2) is 18.3 Å². The second-order valence-electron chi connectivity index (χ2n) is 7.56. The van der Waals surface area contributed by atoms with Crippen molar-refractivity contribution in [3.63, 3.8) is 0 Å². The fourth-order valence-corrected chi connectivity index (χ4v) is 4.56. The first-order valence-corrected chi connectivity index (χ1v) is 11.0. The summed E-state index contributed by atoms with van der Waals surface area (Å²) in [4.78, 5) is 2.12. The van der Waals surface area contributed by atoms with Gasteiger partial charge < -0.3 is 10.5 Å². The fraction of sp³-hybridized carbons (Fsp3) is 0.500. The molecular weight excluding hydrogens is 409 g/mol. The smallest absolute Gasteiger partial charge is 0.250 e. The molecule has 2 aliphatic rings. The Hall–Kier alpha value is -1.95. The Labute approximate surface area is 166 Å². The molecule has 0 bridgehead atoms. The number of rotatable bonds is 3. The summed E-state index contributed by atoms with van der Waals surface area (Å²) < 4.78 is 70.9. The Kier molecular flexibility index (Phi) is 5.18. The van der Waals surface area contributed by atoms with Crippen molar-refractivity contribution < 1.29 is 26.3 Å². The van der Waals surface area contributed by atoms with Gasteiger partial charge in [-0.1, -0.05) is 0 Å². The number of benzene rings is 1. The van der Waals surface area contributed by atoms with Gasteiger partial charge in [-0.2, -0.15) is 9.19 Å². The molecule has 1 unspecified atom stereocenters. The second-order valence-corrected chi connectivity index (χ2v) is 9.40. The molecule has 3 atom stereocenters. The van der Waals surface area contributed by atoms with Crippen molar-refractivity contribution in [3.05, 3.63) is 52.6 Å². The lowest BCUT2D eigenvalue weighted by molar-refractivity contribution is 0.0429. The quantitative estimate of drug-likeness (QED) is 0.745. The van der Waals surface area contributed by atoms with Crippen LogP contribution < -0.4 is 5.73 Å². The average molecular weight is 430 g/mol. The summed E-state index contributed by atoms with van der Waals surface area (Å²) in [6.45, 7) is 1.27. The van der Waals surface area contributed by atoms with Gasteiger partial charge in [0.2, 0.25) is 0 Å². The summed E-state index contributed by atoms with van der Waals surface area (Å²) in [7, 11) is -3.43. The predicted octanol–water partition coefficient (Wildman–Crippen LogP) is 1.67. The monoisotopic (exact) mass is 430 g/mol. The van der Waals surface area contributed by atoms with E-state index in [9.17, 15) is 21.6 Å². The molecule has 1 saturated heterocycles. The first kappa shape index (κ1) is 20.3. The summed E-state index contributed by atoms with van der Waals surface area (Å²) in [5.41, 5.74) is 7.69. The van der Waals surface area contributed by atoms with Crippen LogP contribution in [0, 0.1) is 17.5 Å². The molecule has 1 aromatic heterocycles. The molecule has 3 heterocycles. The SMILES string of the molecule is CS(=O)(=O)n1cc2c(n1)CN(C1CCO[C@H](c3cc(F)c(F)cc3F)[C@@H](N)C1)C2. The van der Waals surface area contributed by atoms with E-state index in [0.29, 0.717) is 37.7 Å². The Morgan fingerprint density at radius 3 is 2.59 bits per heavy atom. The molecule has 0 radical (unpaired) electrons. The highest BCUT2D eigenvalue weighted by atomic mass is 32.2. The lowest BCUT2D eigenvalue weighted by Crippen LogP contribution is -2.38. The van der Waals surface area contributed by atoms with Crippen molar-refractivity contribution in [1.29, 1.82) is 0 Å². The zero-order valence-corrected chi connectivity index (χ0v) is 16.5. The average Bonchev–Trinajstić information content (AvgIpc) is 3.14. The lowest BCUT2D eigenvalue weighted by atomic mass is 9.96. The van der Waals surface area contributed by atoms with Crippen LogP contribution in [0.2, 0.25) is 0 Å². The summed E-state index contributed by atoms with van der Waals surface area (Å²) in [6, 6.07) is 0.688. The van der Waals surface area contributed by atoms with Crippen molar-refractivity contribution in [1.82, 2.24) is 14.1 Å². The Balaban J connectivity index is 1.48. The molecule has 11 heteroatoms. The van der Waals surface area contributed by atoms with E-state index in [4.69, 9.17) is 10.5 Å². The summed E-state index contributed by atoms with van der Waals surface area (Å²) in [6.07, 6.45) is 2.80. The maximum Gasteiger partial charge on any atom is 0.250 e. The van der Waals surface area contributed by atoms with Crippen LogP contribution in [-0.4, -0.2) is 47.4 Å². The zero-order chi connectivity index (χ0) is 20.9. The first-order chi connectivity index (χ1) is 13.6. The van der Waals surface area contributed by atoms with Gasteiger partial charge in [-0.25, -0.2) is 21.6 Å². The Morgan fingerprint density at radius 2 is 1.90 bits per heavy atom. The predicted molar refractivity (Wildman–Crippen MR) is 97.7 cm³/mol. The van der Waals surface area contributed by atoms with Crippen LogP contribution in [0.25, 0.3) is 0 Å². The molecule has 7 nitrogen and oxygen atoms in total. The highest BCUT2D eigenvalue weighted by Crippen LogP contribution is 2.34. The first-order valence-electron chi connectivity index (χ1n) is 9.17. The highest BCUT2D eigenvalue weighted by molar-refractivity contribution is 7.89. The van der Waals surface area contributed by atoms with E-state index in [1.165, 1.54) is 6.20 Å². The minimum atomic E-state index is -3.43. The molecule has 1 fully saturated rings. The molecule has 0 aliphatic carbocycles. The number of nitrogens with two attached hydrogens (primary N) is 1. The zero-order valence-electron chi connectivity index (χ0n) is 15.7. The van der Waals surface area contributed by atoms with Crippen LogP contribution in [0.1, 0.15) is 35.8 Å². The van der Waals surface area contributed by atoms with Gasteiger partial charge in [-0.3, -0.25) is 4.90 Å². The number of ether oxygens (including phenoxy) is 1. The van der Waals surface area contributed by atoms with Gasteiger partial charge >= 0.3 is 0 Å². The molecule has 0 saturated carbocycles. The maximum absolute atomic E-state index is 14.2. The van der Waals surface area contributed by atoms with Crippen molar-refractivity contribution in [2.45, 2.75) is 44.1 Å².